The molecule has 0 spiro atoms. The highest BCUT2D eigenvalue weighted by molar-refractivity contribution is 5.20. The molecule has 0 aliphatic heterocycles. The molecule has 0 saturated heterocycles. The van der Waals surface area contributed by atoms with Crippen LogP contribution in [-0.4, -0.2) is 9.55 Å². The van der Waals surface area contributed by atoms with Gasteiger partial charge in [0.2, 0.25) is 0 Å². The Morgan fingerprint density at radius 3 is 1.88 bits per heavy atom. The van der Waals surface area contributed by atoms with Gasteiger partial charge in [-0.05, 0) is 13.8 Å². The fourth-order valence-corrected chi connectivity index (χ4v) is 1.24. The van der Waals surface area contributed by atoms with Crippen LogP contribution in [-0.2, 0) is 12.4 Å². The second-order valence-corrected chi connectivity index (χ2v) is 3.44. The summed E-state index contributed by atoms with van der Waals surface area (Å²) in [6, 6.07) is -0.750. The van der Waals surface area contributed by atoms with E-state index in [4.69, 9.17) is 0 Å². The van der Waals surface area contributed by atoms with Crippen LogP contribution in [0.15, 0.2) is 6.33 Å². The van der Waals surface area contributed by atoms with Crippen LogP contribution in [0.3, 0.4) is 0 Å². The van der Waals surface area contributed by atoms with Crippen molar-refractivity contribution in [1.82, 2.24) is 9.55 Å². The molecule has 0 bridgehead atoms. The minimum Gasteiger partial charge on any atom is -0.324 e. The highest BCUT2D eigenvalue weighted by Crippen LogP contribution is 2.40. The molecule has 92 valence electrons. The molecule has 0 saturated carbocycles. The number of rotatable bonds is 1. The van der Waals surface area contributed by atoms with Crippen molar-refractivity contribution in [2.45, 2.75) is 32.2 Å². The lowest BCUT2D eigenvalue weighted by atomic mass is 10.2. The van der Waals surface area contributed by atoms with Crippen LogP contribution < -0.4 is 0 Å². The molecule has 1 aromatic rings. The van der Waals surface area contributed by atoms with Crippen molar-refractivity contribution < 1.29 is 26.3 Å². The van der Waals surface area contributed by atoms with Gasteiger partial charge in [0.1, 0.15) is 0 Å². The van der Waals surface area contributed by atoms with Crippen molar-refractivity contribution in [2.75, 3.05) is 0 Å². The molecule has 2 nitrogen and oxygen atoms in total. The zero-order chi connectivity index (χ0) is 12.7. The Bertz CT molecular complexity index is 373. The third-order valence-electron chi connectivity index (χ3n) is 1.89. The SMILES string of the molecule is CC(C)n1cnc(C(F)(F)F)c1C(F)(F)F. The van der Waals surface area contributed by atoms with Gasteiger partial charge in [0.25, 0.3) is 0 Å². The highest BCUT2D eigenvalue weighted by Gasteiger charge is 2.47. The van der Waals surface area contributed by atoms with Gasteiger partial charge in [-0.2, -0.15) is 26.3 Å². The van der Waals surface area contributed by atoms with Gasteiger partial charge >= 0.3 is 12.4 Å². The zero-order valence-electron chi connectivity index (χ0n) is 8.32. The van der Waals surface area contributed by atoms with Crippen LogP contribution in [0.4, 0.5) is 26.3 Å². The smallest absolute Gasteiger partial charge is 0.324 e. The molecule has 0 aliphatic rings. The van der Waals surface area contributed by atoms with Gasteiger partial charge in [0.05, 0.1) is 6.33 Å². The third-order valence-corrected chi connectivity index (χ3v) is 1.89. The third kappa shape index (κ3) is 2.30. The standard InChI is InChI=1S/C8H8F6N2/c1-4(2)16-3-15-5(7(9,10)11)6(16)8(12,13)14/h3-4H,1-2H3. The van der Waals surface area contributed by atoms with Crippen LogP contribution in [0.25, 0.3) is 0 Å². The van der Waals surface area contributed by atoms with Crippen LogP contribution >= 0.6 is 0 Å². The summed E-state index contributed by atoms with van der Waals surface area (Å²) in [6.07, 6.45) is -9.63. The normalized spacial score (nSPS) is 13.6. The molecule has 0 fully saturated rings. The van der Waals surface area contributed by atoms with Gasteiger partial charge in [-0.1, -0.05) is 0 Å². The molecule has 0 aromatic carbocycles. The Labute approximate surface area is 86.9 Å². The average molecular weight is 246 g/mol. The molecule has 0 amide bonds. The van der Waals surface area contributed by atoms with Crippen LogP contribution in [0.2, 0.25) is 0 Å². The lowest BCUT2D eigenvalue weighted by Gasteiger charge is -2.16. The van der Waals surface area contributed by atoms with Gasteiger partial charge in [-0.3, -0.25) is 0 Å². The molecule has 1 heterocycles. The van der Waals surface area contributed by atoms with E-state index in [-0.39, 0.29) is 0 Å². The summed E-state index contributed by atoms with van der Waals surface area (Å²) >= 11 is 0. The van der Waals surface area contributed by atoms with E-state index >= 15 is 0 Å². The van der Waals surface area contributed by atoms with E-state index in [0.29, 0.717) is 10.9 Å². The fourth-order valence-electron chi connectivity index (χ4n) is 1.24. The molecule has 0 radical (unpaired) electrons. The monoisotopic (exact) mass is 246 g/mol. The van der Waals surface area contributed by atoms with Crippen LogP contribution in [0.1, 0.15) is 31.3 Å². The summed E-state index contributed by atoms with van der Waals surface area (Å²) in [6.45, 7) is 2.69. The number of hydrogen-bond donors (Lipinski definition) is 0. The second-order valence-electron chi connectivity index (χ2n) is 3.44. The van der Waals surface area contributed by atoms with Crippen LogP contribution in [0.5, 0.6) is 0 Å². The minimum absolute atomic E-state index is 0.461. The van der Waals surface area contributed by atoms with Crippen molar-refractivity contribution in [3.63, 3.8) is 0 Å². The van der Waals surface area contributed by atoms with Crippen molar-refractivity contribution in [2.24, 2.45) is 0 Å². The van der Waals surface area contributed by atoms with E-state index in [0.717, 1.165) is 0 Å². The van der Waals surface area contributed by atoms with E-state index in [1.807, 2.05) is 0 Å². The lowest BCUT2D eigenvalue weighted by Crippen LogP contribution is -2.20. The molecular formula is C8H8F6N2. The Morgan fingerprint density at radius 1 is 1.06 bits per heavy atom. The van der Waals surface area contributed by atoms with Crippen molar-refractivity contribution >= 4 is 0 Å². The first-order valence-corrected chi connectivity index (χ1v) is 4.26. The first kappa shape index (κ1) is 12.9. The van der Waals surface area contributed by atoms with Crippen molar-refractivity contribution in [3.8, 4) is 0 Å². The van der Waals surface area contributed by atoms with Crippen LogP contribution in [0, 0.1) is 0 Å². The Kier molecular flexibility index (Phi) is 2.95. The average Bonchev–Trinajstić information content (AvgIpc) is 2.43. The van der Waals surface area contributed by atoms with E-state index in [2.05, 4.69) is 4.98 Å². The Hall–Kier alpha value is -1.21. The highest BCUT2D eigenvalue weighted by atomic mass is 19.4. The predicted octanol–water partition coefficient (Wildman–Crippen LogP) is 3.50. The molecule has 1 rings (SSSR count). The minimum atomic E-state index is -5.11. The molecule has 0 aliphatic carbocycles. The number of aromatic nitrogens is 2. The molecule has 0 N–H and O–H groups in total. The number of alkyl halides is 6. The number of imidazole rings is 1. The molecule has 1 aromatic heterocycles. The first-order valence-electron chi connectivity index (χ1n) is 4.26. The fraction of sp³-hybridized carbons (Fsp3) is 0.625. The molecule has 8 heteroatoms. The molecule has 0 unspecified atom stereocenters. The zero-order valence-corrected chi connectivity index (χ0v) is 8.32. The van der Waals surface area contributed by atoms with E-state index in [1.165, 1.54) is 13.8 Å². The largest absolute Gasteiger partial charge is 0.435 e. The maximum Gasteiger partial charge on any atom is 0.435 e. The summed E-state index contributed by atoms with van der Waals surface area (Å²) in [4.78, 5) is 2.79. The second kappa shape index (κ2) is 3.67. The molecule has 0 atom stereocenters. The Morgan fingerprint density at radius 2 is 1.56 bits per heavy atom. The maximum atomic E-state index is 12.5. The topological polar surface area (TPSA) is 17.8 Å². The van der Waals surface area contributed by atoms with Gasteiger partial charge in [-0.15, -0.1) is 0 Å². The van der Waals surface area contributed by atoms with E-state index in [9.17, 15) is 26.3 Å². The molecule has 16 heavy (non-hydrogen) atoms. The number of halogens is 6. The van der Waals surface area contributed by atoms with Gasteiger partial charge in [0.15, 0.2) is 11.4 Å². The van der Waals surface area contributed by atoms with E-state index < -0.39 is 29.8 Å². The number of nitrogens with zero attached hydrogens (tertiary/aromatic N) is 2. The van der Waals surface area contributed by atoms with Crippen molar-refractivity contribution in [1.29, 1.82) is 0 Å². The summed E-state index contributed by atoms with van der Waals surface area (Å²) in [5, 5.41) is 0. The lowest BCUT2D eigenvalue weighted by molar-refractivity contribution is -0.167. The summed E-state index contributed by atoms with van der Waals surface area (Å²) < 4.78 is 74.7. The van der Waals surface area contributed by atoms with E-state index in [1.54, 1.807) is 0 Å². The van der Waals surface area contributed by atoms with Gasteiger partial charge in [-0.25, -0.2) is 4.98 Å². The first-order chi connectivity index (χ1) is 7.05. The summed E-state index contributed by atoms with van der Waals surface area (Å²) in [5.74, 6) is 0. The molecular weight excluding hydrogens is 238 g/mol. The summed E-state index contributed by atoms with van der Waals surface area (Å²) in [7, 11) is 0. The Balaban J connectivity index is 3.44. The summed E-state index contributed by atoms with van der Waals surface area (Å²) in [5.41, 5.74) is -3.65. The van der Waals surface area contributed by atoms with Gasteiger partial charge in [0, 0.05) is 6.04 Å². The number of hydrogen-bond acceptors (Lipinski definition) is 1. The van der Waals surface area contributed by atoms with Gasteiger partial charge < -0.3 is 4.57 Å². The van der Waals surface area contributed by atoms with Crippen molar-refractivity contribution in [3.05, 3.63) is 17.7 Å². The quantitative estimate of drug-likeness (QED) is 0.693. The maximum absolute atomic E-state index is 12.5. The predicted molar refractivity (Wildman–Crippen MR) is 42.6 cm³/mol.